The number of aliphatic carboxylic acids is 1. The van der Waals surface area contributed by atoms with Crippen molar-refractivity contribution in [3.8, 4) is 11.5 Å². The van der Waals surface area contributed by atoms with Crippen LogP contribution in [0.25, 0.3) is 0 Å². The molecule has 2 fully saturated rings. The van der Waals surface area contributed by atoms with Gasteiger partial charge in [0.1, 0.15) is 12.1 Å². The van der Waals surface area contributed by atoms with Gasteiger partial charge in [0.2, 0.25) is 0 Å². The number of benzene rings is 1. The van der Waals surface area contributed by atoms with Gasteiger partial charge < -0.3 is 25.0 Å². The van der Waals surface area contributed by atoms with E-state index in [9.17, 15) is 20.1 Å². The minimum absolute atomic E-state index is 0. The molecule has 4 N–H and O–H groups in total. The number of halogens is 2. The smallest absolute Gasteiger partial charge is 0.320 e. The molecule has 7 nitrogen and oxygen atoms in total. The SMILES string of the molecule is CC(C)[C@H](N[C@H]1CC[C@@]2(O)[C@H]3Cc4ccc(O)c5c4[C@@]2(CCN3C)[C@H]1O5)C(=O)O.Cl.Cl. The van der Waals surface area contributed by atoms with Crippen molar-refractivity contribution in [3.63, 3.8) is 0 Å². The monoisotopic (exact) mass is 474 g/mol. The van der Waals surface area contributed by atoms with Gasteiger partial charge in [0.15, 0.2) is 11.5 Å². The van der Waals surface area contributed by atoms with Crippen molar-refractivity contribution in [2.45, 2.75) is 74.8 Å². The van der Waals surface area contributed by atoms with E-state index in [2.05, 4.69) is 17.3 Å². The molecule has 4 aliphatic rings. The van der Waals surface area contributed by atoms with E-state index in [1.54, 1.807) is 6.07 Å². The van der Waals surface area contributed by atoms with Gasteiger partial charge in [0.25, 0.3) is 0 Å². The molecular weight excluding hydrogens is 443 g/mol. The first kappa shape index (κ1) is 24.4. The summed E-state index contributed by atoms with van der Waals surface area (Å²) in [5, 5.41) is 35.7. The third kappa shape index (κ3) is 3.00. The highest BCUT2D eigenvalue weighted by atomic mass is 35.5. The molecule has 9 heteroatoms. The molecule has 6 atom stereocenters. The van der Waals surface area contributed by atoms with Crippen LogP contribution < -0.4 is 10.1 Å². The molecule has 0 aromatic heterocycles. The number of hydrogen-bond donors (Lipinski definition) is 4. The number of carboxylic acids is 1. The summed E-state index contributed by atoms with van der Waals surface area (Å²) in [5.41, 5.74) is 0.505. The number of rotatable bonds is 4. The number of hydrogen-bond acceptors (Lipinski definition) is 6. The predicted octanol–water partition coefficient (Wildman–Crippen LogP) is 2.09. The van der Waals surface area contributed by atoms with Gasteiger partial charge >= 0.3 is 5.97 Å². The number of nitrogens with zero attached hydrogens (tertiary/aromatic N) is 1. The lowest BCUT2D eigenvalue weighted by Gasteiger charge is -2.63. The highest BCUT2D eigenvalue weighted by Gasteiger charge is 2.72. The van der Waals surface area contributed by atoms with Crippen molar-refractivity contribution in [2.75, 3.05) is 13.6 Å². The Morgan fingerprint density at radius 1 is 1.29 bits per heavy atom. The van der Waals surface area contributed by atoms with Crippen LogP contribution in [0, 0.1) is 5.92 Å². The van der Waals surface area contributed by atoms with Crippen LogP contribution in [0.1, 0.15) is 44.2 Å². The maximum Gasteiger partial charge on any atom is 0.320 e. The lowest BCUT2D eigenvalue weighted by molar-refractivity contribution is -0.188. The zero-order valence-electron chi connectivity index (χ0n) is 18.0. The van der Waals surface area contributed by atoms with Crippen molar-refractivity contribution >= 4 is 30.8 Å². The summed E-state index contributed by atoms with van der Waals surface area (Å²) in [7, 11) is 2.07. The molecule has 1 aromatic carbocycles. The Morgan fingerprint density at radius 3 is 2.65 bits per heavy atom. The zero-order valence-corrected chi connectivity index (χ0v) is 19.6. The van der Waals surface area contributed by atoms with E-state index in [-0.39, 0.29) is 48.6 Å². The molecule has 2 heterocycles. The summed E-state index contributed by atoms with van der Waals surface area (Å²) in [6.07, 6.45) is 2.27. The van der Waals surface area contributed by atoms with Crippen molar-refractivity contribution < 1.29 is 24.9 Å². The van der Waals surface area contributed by atoms with Crippen LogP contribution in [-0.4, -0.2) is 69.6 Å². The first-order chi connectivity index (χ1) is 13.7. The second-order valence-electron chi connectivity index (χ2n) is 9.70. The number of carbonyl (C=O) groups is 1. The summed E-state index contributed by atoms with van der Waals surface area (Å²) in [5.74, 6) is -0.360. The minimum atomic E-state index is -0.953. The van der Waals surface area contributed by atoms with Gasteiger partial charge in [-0.3, -0.25) is 10.1 Å². The van der Waals surface area contributed by atoms with E-state index in [0.717, 1.165) is 30.5 Å². The Hall–Kier alpha value is -1.25. The number of likely N-dealkylation sites (N-methyl/N-ethyl adjacent to an activating group) is 1. The summed E-state index contributed by atoms with van der Waals surface area (Å²) in [4.78, 5) is 14.1. The number of likely N-dealkylation sites (tertiary alicyclic amines) is 1. The number of aromatic hydroxyl groups is 1. The van der Waals surface area contributed by atoms with Crippen LogP contribution in [0.4, 0.5) is 0 Å². The van der Waals surface area contributed by atoms with Crippen LogP contribution in [0.2, 0.25) is 0 Å². The highest BCUT2D eigenvalue weighted by molar-refractivity contribution is 5.85. The second-order valence-corrected chi connectivity index (χ2v) is 9.70. The lowest BCUT2D eigenvalue weighted by Crippen LogP contribution is -2.78. The van der Waals surface area contributed by atoms with Gasteiger partial charge in [-0.2, -0.15) is 0 Å². The van der Waals surface area contributed by atoms with Gasteiger partial charge in [-0.25, -0.2) is 0 Å². The van der Waals surface area contributed by atoms with Crippen LogP contribution in [0.15, 0.2) is 12.1 Å². The van der Waals surface area contributed by atoms with Crippen LogP contribution in [0.3, 0.4) is 0 Å². The summed E-state index contributed by atoms with van der Waals surface area (Å²) >= 11 is 0. The fourth-order valence-electron chi connectivity index (χ4n) is 6.70. The van der Waals surface area contributed by atoms with E-state index in [4.69, 9.17) is 4.74 Å². The molecular formula is C22H32Cl2N2O5. The highest BCUT2D eigenvalue weighted by Crippen LogP contribution is 2.65. The predicted molar refractivity (Wildman–Crippen MR) is 121 cm³/mol. The molecule has 1 saturated carbocycles. The van der Waals surface area contributed by atoms with Crippen molar-refractivity contribution in [2.24, 2.45) is 5.92 Å². The van der Waals surface area contributed by atoms with Crippen LogP contribution in [-0.2, 0) is 16.6 Å². The third-order valence-corrected chi connectivity index (χ3v) is 8.06. The maximum absolute atomic E-state index is 12.1. The van der Waals surface area contributed by atoms with Gasteiger partial charge in [0, 0.05) is 17.6 Å². The summed E-state index contributed by atoms with van der Waals surface area (Å²) in [6.45, 7) is 4.62. The average molecular weight is 475 g/mol. The fraction of sp³-hybridized carbons (Fsp3) is 0.682. The third-order valence-electron chi connectivity index (χ3n) is 8.06. The molecule has 5 rings (SSSR count). The molecule has 1 spiro atoms. The summed E-state index contributed by atoms with van der Waals surface area (Å²) in [6, 6.07) is 2.73. The molecule has 174 valence electrons. The number of phenolic OH excluding ortho intramolecular Hbond substituents is 1. The van der Waals surface area contributed by atoms with Crippen LogP contribution >= 0.6 is 24.8 Å². The zero-order chi connectivity index (χ0) is 20.7. The first-order valence-corrected chi connectivity index (χ1v) is 10.6. The van der Waals surface area contributed by atoms with E-state index >= 15 is 0 Å². The van der Waals surface area contributed by atoms with Crippen molar-refractivity contribution in [1.82, 2.24) is 10.2 Å². The Balaban J connectivity index is 0.00000136. The maximum atomic E-state index is 12.1. The van der Waals surface area contributed by atoms with Crippen molar-refractivity contribution in [1.29, 1.82) is 0 Å². The molecule has 2 aliphatic heterocycles. The lowest BCUT2D eigenvalue weighted by atomic mass is 9.48. The Labute approximate surface area is 195 Å². The van der Waals surface area contributed by atoms with Gasteiger partial charge in [-0.15, -0.1) is 24.8 Å². The number of carboxylic acid groups (broad SMARTS) is 1. The number of phenols is 1. The Bertz CT molecular complexity index is 884. The van der Waals surface area contributed by atoms with E-state index in [0.29, 0.717) is 18.6 Å². The number of nitrogens with one attached hydrogen (secondary N) is 1. The van der Waals surface area contributed by atoms with Gasteiger partial charge in [-0.05, 0) is 56.8 Å². The molecule has 1 aromatic rings. The fourth-order valence-corrected chi connectivity index (χ4v) is 6.70. The van der Waals surface area contributed by atoms with E-state index in [1.807, 2.05) is 19.9 Å². The molecule has 2 aliphatic carbocycles. The molecule has 0 unspecified atom stereocenters. The quantitative estimate of drug-likeness (QED) is 0.529. The second kappa shape index (κ2) is 7.96. The number of ether oxygens (including phenoxy) is 1. The molecule has 0 radical (unpaired) electrons. The topological polar surface area (TPSA) is 102 Å². The molecule has 1 saturated heterocycles. The van der Waals surface area contributed by atoms with E-state index < -0.39 is 29.1 Å². The summed E-state index contributed by atoms with van der Waals surface area (Å²) < 4.78 is 6.40. The van der Waals surface area contributed by atoms with E-state index in [1.165, 1.54) is 0 Å². The van der Waals surface area contributed by atoms with Gasteiger partial charge in [-0.1, -0.05) is 19.9 Å². The van der Waals surface area contributed by atoms with Crippen LogP contribution in [0.5, 0.6) is 11.5 Å². The largest absolute Gasteiger partial charge is 0.504 e. The molecule has 0 amide bonds. The standard InChI is InChI=1S/C22H30N2O5.2ClH/c1-11(2)17(20(26)27)23-13-6-7-22(28)15-10-12-4-5-14(25)18-16(12)21(22,19(13)29-18)8-9-24(15)3;;/h4-5,11,13,15,17,19,23,25,28H,6-10H2,1-3H3,(H,26,27);2*1H/t13-,15+,17-,19-,21-,22+;;/m0../s1. The van der Waals surface area contributed by atoms with Crippen molar-refractivity contribution in [3.05, 3.63) is 23.3 Å². The average Bonchev–Trinajstić information content (AvgIpc) is 3.01. The Kier molecular flexibility index (Phi) is 6.26. The number of aliphatic hydroxyl groups is 1. The first-order valence-electron chi connectivity index (χ1n) is 10.6. The molecule has 2 bridgehead atoms. The number of piperidine rings is 1. The minimum Gasteiger partial charge on any atom is -0.504 e. The Morgan fingerprint density at radius 2 is 2.00 bits per heavy atom. The van der Waals surface area contributed by atoms with Gasteiger partial charge in [0.05, 0.1) is 11.0 Å². The normalized spacial score (nSPS) is 36.0. The molecule has 31 heavy (non-hydrogen) atoms.